The zero-order valence-corrected chi connectivity index (χ0v) is 14.4. The molecule has 0 radical (unpaired) electrons. The molecule has 0 fully saturated rings. The number of hydrogen-bond donors (Lipinski definition) is 0. The Bertz CT molecular complexity index is 1160. The molecule has 3 aromatic heterocycles. The topological polar surface area (TPSA) is 60.9 Å². The molecule has 0 atom stereocenters. The first-order valence-corrected chi connectivity index (χ1v) is 9.14. The van der Waals surface area contributed by atoms with E-state index >= 15 is 0 Å². The standard InChI is InChI=1S/C21H19N3O2/c25-21-19-18(22-13-24(21)11-10-14-6-2-1-3-7-14)16-12-15-8-4-5-9-17(15)23-20(16)26-19/h1-3,6-7,12-13H,4-5,8-11H2. The Morgan fingerprint density at radius 1 is 1.12 bits per heavy atom. The van der Waals surface area contributed by atoms with Gasteiger partial charge in [-0.05, 0) is 49.3 Å². The Balaban J connectivity index is 1.57. The lowest BCUT2D eigenvalue weighted by molar-refractivity contribution is 0.607. The fourth-order valence-electron chi connectivity index (χ4n) is 3.77. The number of nitrogens with zero attached hydrogens (tertiary/aromatic N) is 3. The van der Waals surface area contributed by atoms with Crippen molar-refractivity contribution in [3.8, 4) is 0 Å². The lowest BCUT2D eigenvalue weighted by atomic mass is 9.95. The van der Waals surface area contributed by atoms with Gasteiger partial charge < -0.3 is 4.42 Å². The van der Waals surface area contributed by atoms with Gasteiger partial charge in [-0.25, -0.2) is 9.97 Å². The first-order chi connectivity index (χ1) is 12.8. The Hall–Kier alpha value is -2.95. The van der Waals surface area contributed by atoms with Gasteiger partial charge in [-0.3, -0.25) is 9.36 Å². The first-order valence-electron chi connectivity index (χ1n) is 9.14. The van der Waals surface area contributed by atoms with Gasteiger partial charge >= 0.3 is 0 Å². The van der Waals surface area contributed by atoms with Crippen molar-refractivity contribution in [3.05, 3.63) is 69.9 Å². The number of rotatable bonds is 3. The largest absolute Gasteiger partial charge is 0.430 e. The molecule has 4 aromatic rings. The third-order valence-electron chi connectivity index (χ3n) is 5.20. The minimum atomic E-state index is -0.137. The summed E-state index contributed by atoms with van der Waals surface area (Å²) >= 11 is 0. The fourth-order valence-corrected chi connectivity index (χ4v) is 3.77. The van der Waals surface area contributed by atoms with Crippen molar-refractivity contribution in [1.82, 2.24) is 14.5 Å². The summed E-state index contributed by atoms with van der Waals surface area (Å²) in [7, 11) is 0. The van der Waals surface area contributed by atoms with Crippen molar-refractivity contribution >= 4 is 22.2 Å². The molecule has 0 spiro atoms. The van der Waals surface area contributed by atoms with Gasteiger partial charge in [0.15, 0.2) is 0 Å². The van der Waals surface area contributed by atoms with Gasteiger partial charge in [-0.2, -0.15) is 0 Å². The normalized spacial score (nSPS) is 14.0. The Kier molecular flexibility index (Phi) is 3.59. The van der Waals surface area contributed by atoms with Gasteiger partial charge in [0.2, 0.25) is 11.3 Å². The molecule has 1 aliphatic rings. The van der Waals surface area contributed by atoms with Crippen LogP contribution in [0.4, 0.5) is 0 Å². The minimum absolute atomic E-state index is 0.137. The molecule has 5 nitrogen and oxygen atoms in total. The van der Waals surface area contributed by atoms with E-state index < -0.39 is 0 Å². The van der Waals surface area contributed by atoms with E-state index in [1.165, 1.54) is 17.5 Å². The number of fused-ring (bicyclic) bond motifs is 4. The highest BCUT2D eigenvalue weighted by molar-refractivity contribution is 6.00. The predicted octanol–water partition coefficient (Wildman–Crippen LogP) is 3.66. The van der Waals surface area contributed by atoms with E-state index in [4.69, 9.17) is 4.42 Å². The Labute approximate surface area is 150 Å². The van der Waals surface area contributed by atoms with Crippen molar-refractivity contribution in [1.29, 1.82) is 0 Å². The quantitative estimate of drug-likeness (QED) is 0.568. The van der Waals surface area contributed by atoms with Crippen LogP contribution in [0, 0.1) is 0 Å². The monoisotopic (exact) mass is 345 g/mol. The summed E-state index contributed by atoms with van der Waals surface area (Å²) in [6.45, 7) is 0.576. The number of furan rings is 1. The zero-order chi connectivity index (χ0) is 17.5. The van der Waals surface area contributed by atoms with Crippen molar-refractivity contribution in [2.75, 3.05) is 0 Å². The van der Waals surface area contributed by atoms with Gasteiger partial charge in [0.1, 0.15) is 5.52 Å². The van der Waals surface area contributed by atoms with Crippen molar-refractivity contribution in [2.45, 2.75) is 38.6 Å². The van der Waals surface area contributed by atoms with Crippen LogP contribution in [0.25, 0.3) is 22.2 Å². The highest BCUT2D eigenvalue weighted by Gasteiger charge is 2.18. The molecule has 0 bridgehead atoms. The van der Waals surface area contributed by atoms with Crippen LogP contribution in [0.1, 0.15) is 29.7 Å². The van der Waals surface area contributed by atoms with Crippen LogP contribution in [0.2, 0.25) is 0 Å². The molecule has 1 aromatic carbocycles. The van der Waals surface area contributed by atoms with Crippen LogP contribution in [0.3, 0.4) is 0 Å². The van der Waals surface area contributed by atoms with E-state index in [1.807, 2.05) is 18.2 Å². The van der Waals surface area contributed by atoms with Gasteiger partial charge in [-0.15, -0.1) is 0 Å². The summed E-state index contributed by atoms with van der Waals surface area (Å²) in [5.74, 6) is 0. The maximum atomic E-state index is 12.8. The van der Waals surface area contributed by atoms with Crippen LogP contribution in [-0.4, -0.2) is 14.5 Å². The third kappa shape index (κ3) is 2.51. The van der Waals surface area contributed by atoms with E-state index in [0.29, 0.717) is 23.4 Å². The number of aromatic nitrogens is 3. The number of benzene rings is 1. The van der Waals surface area contributed by atoms with Crippen molar-refractivity contribution < 1.29 is 4.42 Å². The second kappa shape index (κ2) is 6.09. The molecule has 0 unspecified atom stereocenters. The molecule has 0 N–H and O–H groups in total. The summed E-state index contributed by atoms with van der Waals surface area (Å²) < 4.78 is 7.46. The van der Waals surface area contributed by atoms with E-state index in [0.717, 1.165) is 36.8 Å². The molecule has 0 aliphatic heterocycles. The highest BCUT2D eigenvalue weighted by Crippen LogP contribution is 2.29. The van der Waals surface area contributed by atoms with Crippen LogP contribution < -0.4 is 5.56 Å². The molecular formula is C21H19N3O2. The first kappa shape index (κ1) is 15.3. The zero-order valence-electron chi connectivity index (χ0n) is 14.4. The molecule has 1 aliphatic carbocycles. The lowest BCUT2D eigenvalue weighted by Crippen LogP contribution is -2.21. The fraction of sp³-hybridized carbons (Fsp3) is 0.286. The Morgan fingerprint density at radius 2 is 1.96 bits per heavy atom. The van der Waals surface area contributed by atoms with E-state index in [9.17, 15) is 4.79 Å². The predicted molar refractivity (Wildman–Crippen MR) is 100 cm³/mol. The number of hydrogen-bond acceptors (Lipinski definition) is 4. The molecule has 0 saturated carbocycles. The number of aryl methyl sites for hydroxylation is 4. The van der Waals surface area contributed by atoms with Gasteiger partial charge in [-0.1, -0.05) is 30.3 Å². The lowest BCUT2D eigenvalue weighted by Gasteiger charge is -2.13. The SMILES string of the molecule is O=c1c2oc3nc4c(cc3c2ncn1CCc1ccccc1)CCCC4. The van der Waals surface area contributed by atoms with Crippen molar-refractivity contribution in [2.24, 2.45) is 0 Å². The third-order valence-corrected chi connectivity index (χ3v) is 5.20. The van der Waals surface area contributed by atoms with Gasteiger partial charge in [0.25, 0.3) is 5.56 Å². The molecular weight excluding hydrogens is 326 g/mol. The van der Waals surface area contributed by atoms with Crippen LogP contribution in [-0.2, 0) is 25.8 Å². The van der Waals surface area contributed by atoms with Crippen molar-refractivity contribution in [3.63, 3.8) is 0 Å². The van der Waals surface area contributed by atoms with Crippen LogP contribution >= 0.6 is 0 Å². The smallest absolute Gasteiger partial charge is 0.297 e. The number of pyridine rings is 1. The maximum Gasteiger partial charge on any atom is 0.297 e. The van der Waals surface area contributed by atoms with E-state index in [-0.39, 0.29) is 5.56 Å². The summed E-state index contributed by atoms with van der Waals surface area (Å²) in [5, 5.41) is 0.855. The summed E-state index contributed by atoms with van der Waals surface area (Å²) in [6, 6.07) is 12.2. The average Bonchev–Trinajstić information content (AvgIpc) is 3.05. The summed E-state index contributed by atoms with van der Waals surface area (Å²) in [5.41, 5.74) is 4.90. The van der Waals surface area contributed by atoms with E-state index in [1.54, 1.807) is 10.9 Å². The highest BCUT2D eigenvalue weighted by atomic mass is 16.3. The average molecular weight is 345 g/mol. The van der Waals surface area contributed by atoms with Crippen LogP contribution in [0.5, 0.6) is 0 Å². The maximum absolute atomic E-state index is 12.8. The molecule has 0 saturated heterocycles. The van der Waals surface area contributed by atoms with Gasteiger partial charge in [0.05, 0.1) is 11.7 Å². The van der Waals surface area contributed by atoms with Gasteiger partial charge in [0, 0.05) is 12.2 Å². The molecule has 3 heterocycles. The molecule has 5 rings (SSSR count). The van der Waals surface area contributed by atoms with E-state index in [2.05, 4.69) is 28.2 Å². The second-order valence-electron chi connectivity index (χ2n) is 6.91. The molecule has 5 heteroatoms. The summed E-state index contributed by atoms with van der Waals surface area (Å²) in [6.07, 6.45) is 6.78. The van der Waals surface area contributed by atoms with Crippen LogP contribution in [0.15, 0.2) is 51.9 Å². The minimum Gasteiger partial charge on any atom is -0.430 e. The molecule has 130 valence electrons. The second-order valence-corrected chi connectivity index (χ2v) is 6.91. The summed E-state index contributed by atoms with van der Waals surface area (Å²) in [4.78, 5) is 22.0. The Morgan fingerprint density at radius 3 is 2.85 bits per heavy atom. The molecule has 0 amide bonds. The molecule has 26 heavy (non-hydrogen) atoms.